The second-order valence-corrected chi connectivity index (χ2v) is 5.13. The van der Waals surface area contributed by atoms with E-state index in [0.29, 0.717) is 0 Å². The lowest BCUT2D eigenvalue weighted by molar-refractivity contribution is 0.101. The first-order valence-electron chi connectivity index (χ1n) is 7.22. The smallest absolute Gasteiger partial charge is 0.316 e. The number of methoxy groups -OCH3 is 1. The van der Waals surface area contributed by atoms with Crippen LogP contribution in [0.15, 0.2) is 24.7 Å². The fraction of sp³-hybridized carbons (Fsp3) is 0.133. The van der Waals surface area contributed by atoms with Gasteiger partial charge in [-0.3, -0.25) is 9.48 Å². The SMILES string of the molecule is COc1ncc(F)c(-c2cnn(C)c2C(=O)Nc2cc(N)ncc2F)n1. The monoisotopic (exact) mass is 361 g/mol. The van der Waals surface area contributed by atoms with Gasteiger partial charge in [0.15, 0.2) is 11.6 Å². The van der Waals surface area contributed by atoms with Gasteiger partial charge in [-0.1, -0.05) is 0 Å². The number of carbonyl (C=O) groups excluding carboxylic acids is 1. The Morgan fingerprint density at radius 2 is 1.96 bits per heavy atom. The van der Waals surface area contributed by atoms with E-state index in [2.05, 4.69) is 25.4 Å². The molecule has 0 saturated carbocycles. The predicted molar refractivity (Wildman–Crippen MR) is 87.3 cm³/mol. The molecular formula is C15H13F2N7O2. The van der Waals surface area contributed by atoms with Crippen LogP contribution in [0.4, 0.5) is 20.3 Å². The molecule has 0 fully saturated rings. The Kier molecular flexibility index (Phi) is 4.43. The molecule has 0 aliphatic rings. The van der Waals surface area contributed by atoms with E-state index in [1.807, 2.05) is 0 Å². The molecule has 3 rings (SSSR count). The van der Waals surface area contributed by atoms with Crippen LogP contribution in [0.5, 0.6) is 6.01 Å². The highest BCUT2D eigenvalue weighted by Crippen LogP contribution is 2.26. The molecule has 0 aliphatic carbocycles. The molecule has 0 aromatic carbocycles. The predicted octanol–water partition coefficient (Wildman–Crippen LogP) is 1.39. The Balaban J connectivity index is 2.03. The van der Waals surface area contributed by atoms with Gasteiger partial charge in [0.1, 0.15) is 17.2 Å². The molecule has 0 aliphatic heterocycles. The number of pyridine rings is 1. The molecule has 3 heterocycles. The average molecular weight is 361 g/mol. The standard InChI is InChI=1S/C15H13F2N7O2/c1-24-13(14(25)22-10-3-11(18)19-5-8(10)16)7(4-21-24)12-9(17)6-20-15(23-12)26-2/h3-6H,1-2H3,(H3,18,19,22,25). The number of aromatic nitrogens is 5. The van der Waals surface area contributed by atoms with Crippen molar-refractivity contribution in [3.05, 3.63) is 42.0 Å². The van der Waals surface area contributed by atoms with Gasteiger partial charge in [-0.25, -0.2) is 18.7 Å². The summed E-state index contributed by atoms with van der Waals surface area (Å²) in [5.41, 5.74) is 5.20. The lowest BCUT2D eigenvalue weighted by Gasteiger charge is -2.09. The Bertz CT molecular complexity index is 990. The van der Waals surface area contributed by atoms with Gasteiger partial charge < -0.3 is 15.8 Å². The highest BCUT2D eigenvalue weighted by molar-refractivity contribution is 6.07. The fourth-order valence-electron chi connectivity index (χ4n) is 2.25. The van der Waals surface area contributed by atoms with Crippen molar-refractivity contribution < 1.29 is 18.3 Å². The van der Waals surface area contributed by atoms with E-state index < -0.39 is 17.5 Å². The number of nitrogens with zero attached hydrogens (tertiary/aromatic N) is 5. The third kappa shape index (κ3) is 3.14. The van der Waals surface area contributed by atoms with Crippen LogP contribution in [-0.2, 0) is 7.05 Å². The van der Waals surface area contributed by atoms with Gasteiger partial charge in [0.2, 0.25) is 0 Å². The van der Waals surface area contributed by atoms with Gasteiger partial charge in [0, 0.05) is 13.1 Å². The lowest BCUT2D eigenvalue weighted by Crippen LogP contribution is -2.18. The van der Waals surface area contributed by atoms with Crippen LogP contribution in [0.2, 0.25) is 0 Å². The number of nitrogens with one attached hydrogen (secondary N) is 1. The minimum atomic E-state index is -0.772. The van der Waals surface area contributed by atoms with Crippen LogP contribution in [0.25, 0.3) is 11.3 Å². The summed E-state index contributed by atoms with van der Waals surface area (Å²) in [6.07, 6.45) is 3.06. The van der Waals surface area contributed by atoms with Crippen molar-refractivity contribution in [2.24, 2.45) is 7.05 Å². The third-order valence-electron chi connectivity index (χ3n) is 3.44. The van der Waals surface area contributed by atoms with Crippen molar-refractivity contribution >= 4 is 17.4 Å². The summed E-state index contributed by atoms with van der Waals surface area (Å²) in [6.45, 7) is 0. The van der Waals surface area contributed by atoms with Crippen LogP contribution in [-0.4, -0.2) is 37.7 Å². The van der Waals surface area contributed by atoms with E-state index in [4.69, 9.17) is 10.5 Å². The van der Waals surface area contributed by atoms with Crippen LogP contribution in [0.3, 0.4) is 0 Å². The summed E-state index contributed by atoms with van der Waals surface area (Å²) < 4.78 is 34.0. The first-order chi connectivity index (χ1) is 12.4. The van der Waals surface area contributed by atoms with E-state index in [1.165, 1.54) is 25.0 Å². The molecule has 0 saturated heterocycles. The minimum Gasteiger partial charge on any atom is -0.467 e. The number of nitrogen functional groups attached to an aromatic ring is 1. The Morgan fingerprint density at radius 3 is 2.69 bits per heavy atom. The summed E-state index contributed by atoms with van der Waals surface area (Å²) >= 11 is 0. The molecular weight excluding hydrogens is 348 g/mol. The maximum Gasteiger partial charge on any atom is 0.316 e. The van der Waals surface area contributed by atoms with Gasteiger partial charge in [-0.05, 0) is 0 Å². The molecule has 0 unspecified atom stereocenters. The summed E-state index contributed by atoms with van der Waals surface area (Å²) in [5, 5.41) is 6.31. The van der Waals surface area contributed by atoms with Crippen LogP contribution in [0.1, 0.15) is 10.5 Å². The Morgan fingerprint density at radius 1 is 1.23 bits per heavy atom. The zero-order valence-electron chi connectivity index (χ0n) is 13.7. The zero-order chi connectivity index (χ0) is 18.8. The second-order valence-electron chi connectivity index (χ2n) is 5.13. The number of ether oxygens (including phenoxy) is 1. The quantitative estimate of drug-likeness (QED) is 0.720. The summed E-state index contributed by atoms with van der Waals surface area (Å²) in [6, 6.07) is 1.09. The van der Waals surface area contributed by atoms with E-state index >= 15 is 0 Å². The molecule has 0 atom stereocenters. The number of halogens is 2. The van der Waals surface area contributed by atoms with Crippen LogP contribution < -0.4 is 15.8 Å². The topological polar surface area (TPSA) is 121 Å². The number of nitrogens with two attached hydrogens (primary N) is 1. The minimum absolute atomic E-state index is 0.0264. The molecule has 11 heteroatoms. The Hall–Kier alpha value is -3.63. The molecule has 9 nitrogen and oxygen atoms in total. The average Bonchev–Trinajstić information content (AvgIpc) is 3.00. The largest absolute Gasteiger partial charge is 0.467 e. The van der Waals surface area contributed by atoms with E-state index in [1.54, 1.807) is 0 Å². The third-order valence-corrected chi connectivity index (χ3v) is 3.44. The van der Waals surface area contributed by atoms with E-state index in [0.717, 1.165) is 18.5 Å². The molecule has 0 spiro atoms. The highest BCUT2D eigenvalue weighted by atomic mass is 19.1. The van der Waals surface area contributed by atoms with Gasteiger partial charge >= 0.3 is 6.01 Å². The first-order valence-corrected chi connectivity index (χ1v) is 7.22. The molecule has 0 radical (unpaired) electrons. The van der Waals surface area contributed by atoms with Crippen molar-refractivity contribution in [1.29, 1.82) is 0 Å². The van der Waals surface area contributed by atoms with Crippen molar-refractivity contribution in [1.82, 2.24) is 24.7 Å². The molecule has 3 aromatic heterocycles. The molecule has 1 amide bonds. The van der Waals surface area contributed by atoms with E-state index in [9.17, 15) is 13.6 Å². The number of hydrogen-bond donors (Lipinski definition) is 2. The number of hydrogen-bond acceptors (Lipinski definition) is 7. The summed E-state index contributed by atoms with van der Waals surface area (Å²) in [4.78, 5) is 23.8. The number of anilines is 2. The normalized spacial score (nSPS) is 10.6. The van der Waals surface area contributed by atoms with Gasteiger partial charge in [0.05, 0.1) is 37.0 Å². The maximum atomic E-state index is 14.2. The molecule has 3 N–H and O–H groups in total. The molecule has 0 bridgehead atoms. The van der Waals surface area contributed by atoms with Gasteiger partial charge in [-0.15, -0.1) is 0 Å². The van der Waals surface area contributed by atoms with Crippen LogP contribution >= 0.6 is 0 Å². The molecule has 134 valence electrons. The van der Waals surface area contributed by atoms with Gasteiger partial charge in [-0.2, -0.15) is 10.1 Å². The van der Waals surface area contributed by atoms with Crippen molar-refractivity contribution in [2.45, 2.75) is 0 Å². The fourth-order valence-corrected chi connectivity index (χ4v) is 2.25. The number of aryl methyl sites for hydroxylation is 1. The molecule has 26 heavy (non-hydrogen) atoms. The van der Waals surface area contributed by atoms with Crippen molar-refractivity contribution in [3.8, 4) is 17.3 Å². The zero-order valence-corrected chi connectivity index (χ0v) is 13.7. The van der Waals surface area contributed by atoms with E-state index in [-0.39, 0.29) is 34.5 Å². The van der Waals surface area contributed by atoms with Gasteiger partial charge in [0.25, 0.3) is 5.91 Å². The summed E-state index contributed by atoms with van der Waals surface area (Å²) in [5.74, 6) is -2.25. The van der Waals surface area contributed by atoms with Crippen molar-refractivity contribution in [3.63, 3.8) is 0 Å². The maximum absolute atomic E-state index is 14.2. The number of amides is 1. The Labute approximate surface area is 145 Å². The highest BCUT2D eigenvalue weighted by Gasteiger charge is 2.23. The van der Waals surface area contributed by atoms with Crippen molar-refractivity contribution in [2.75, 3.05) is 18.2 Å². The first kappa shape index (κ1) is 17.2. The lowest BCUT2D eigenvalue weighted by atomic mass is 10.1. The molecule has 3 aromatic rings. The number of rotatable bonds is 4. The number of carbonyl (C=O) groups is 1. The van der Waals surface area contributed by atoms with Crippen LogP contribution in [0, 0.1) is 11.6 Å². The second kappa shape index (κ2) is 6.70. The summed E-state index contributed by atoms with van der Waals surface area (Å²) in [7, 11) is 2.80.